The van der Waals surface area contributed by atoms with Gasteiger partial charge in [0, 0.05) is 19.5 Å². The minimum absolute atomic E-state index is 0.0460. The molecule has 2 rings (SSSR count). The van der Waals surface area contributed by atoms with Crippen LogP contribution in [0.15, 0.2) is 54.6 Å². The van der Waals surface area contributed by atoms with Crippen molar-refractivity contribution < 1.29 is 19.1 Å². The SMILES string of the molecule is CCNC(=O)[C@@H](CC)N(Cc1ccccc1)C(=O)CCCOc1ccc(OC)cc1. The molecule has 6 heteroatoms. The van der Waals surface area contributed by atoms with Crippen LogP contribution < -0.4 is 14.8 Å². The van der Waals surface area contributed by atoms with Crippen molar-refractivity contribution in [3.05, 3.63) is 60.2 Å². The summed E-state index contributed by atoms with van der Waals surface area (Å²) in [6.45, 7) is 5.19. The van der Waals surface area contributed by atoms with E-state index in [1.807, 2.05) is 68.4 Å². The van der Waals surface area contributed by atoms with Crippen LogP contribution in [0.4, 0.5) is 0 Å². The lowest BCUT2D eigenvalue weighted by atomic mass is 10.1. The third-order valence-corrected chi connectivity index (χ3v) is 4.80. The van der Waals surface area contributed by atoms with E-state index in [0.29, 0.717) is 39.0 Å². The van der Waals surface area contributed by atoms with E-state index >= 15 is 0 Å². The Morgan fingerprint density at radius 1 is 1.00 bits per heavy atom. The highest BCUT2D eigenvalue weighted by atomic mass is 16.5. The third kappa shape index (κ3) is 7.10. The Balaban J connectivity index is 1.97. The van der Waals surface area contributed by atoms with E-state index in [0.717, 1.165) is 17.1 Å². The molecule has 2 aromatic rings. The molecule has 0 aliphatic heterocycles. The predicted molar refractivity (Wildman–Crippen MR) is 117 cm³/mol. The number of hydrogen-bond acceptors (Lipinski definition) is 4. The smallest absolute Gasteiger partial charge is 0.242 e. The van der Waals surface area contributed by atoms with Gasteiger partial charge in [0.2, 0.25) is 11.8 Å². The van der Waals surface area contributed by atoms with E-state index in [9.17, 15) is 9.59 Å². The largest absolute Gasteiger partial charge is 0.497 e. The van der Waals surface area contributed by atoms with E-state index in [1.165, 1.54) is 0 Å². The summed E-state index contributed by atoms with van der Waals surface area (Å²) in [4.78, 5) is 27.3. The Kier molecular flexibility index (Phi) is 9.71. The average molecular weight is 413 g/mol. The Bertz CT molecular complexity index is 778. The van der Waals surface area contributed by atoms with Crippen LogP contribution >= 0.6 is 0 Å². The minimum atomic E-state index is -0.486. The molecule has 162 valence electrons. The maximum absolute atomic E-state index is 13.0. The Labute approximate surface area is 179 Å². The normalized spacial score (nSPS) is 11.4. The van der Waals surface area contributed by atoms with Gasteiger partial charge in [0.1, 0.15) is 17.5 Å². The topological polar surface area (TPSA) is 67.9 Å². The van der Waals surface area contributed by atoms with Crippen LogP contribution in [0.2, 0.25) is 0 Å². The predicted octanol–water partition coefficient (Wildman–Crippen LogP) is 3.80. The molecular formula is C24H32N2O4. The molecule has 30 heavy (non-hydrogen) atoms. The van der Waals surface area contributed by atoms with Gasteiger partial charge in [0.15, 0.2) is 0 Å². The molecule has 0 spiro atoms. The fraction of sp³-hybridized carbons (Fsp3) is 0.417. The zero-order valence-electron chi connectivity index (χ0n) is 18.1. The maximum atomic E-state index is 13.0. The first-order chi connectivity index (χ1) is 14.6. The van der Waals surface area contributed by atoms with Gasteiger partial charge in [-0.3, -0.25) is 9.59 Å². The van der Waals surface area contributed by atoms with Crippen LogP contribution in [0.25, 0.3) is 0 Å². The first kappa shape index (κ1) is 23.3. The van der Waals surface area contributed by atoms with E-state index in [-0.39, 0.29) is 11.8 Å². The van der Waals surface area contributed by atoms with E-state index in [1.54, 1.807) is 12.0 Å². The number of nitrogens with one attached hydrogen (secondary N) is 1. The Hall–Kier alpha value is -3.02. The highest BCUT2D eigenvalue weighted by molar-refractivity contribution is 5.87. The summed E-state index contributed by atoms with van der Waals surface area (Å²) in [5, 5.41) is 2.85. The molecule has 0 heterocycles. The first-order valence-electron chi connectivity index (χ1n) is 10.5. The Morgan fingerprint density at radius 2 is 1.67 bits per heavy atom. The van der Waals surface area contributed by atoms with Gasteiger partial charge in [-0.2, -0.15) is 0 Å². The minimum Gasteiger partial charge on any atom is -0.497 e. The zero-order chi connectivity index (χ0) is 21.8. The van der Waals surface area contributed by atoms with Gasteiger partial charge in [-0.05, 0) is 49.6 Å². The monoisotopic (exact) mass is 412 g/mol. The van der Waals surface area contributed by atoms with Crippen LogP contribution in [-0.2, 0) is 16.1 Å². The van der Waals surface area contributed by atoms with Gasteiger partial charge in [-0.25, -0.2) is 0 Å². The van der Waals surface area contributed by atoms with Crippen molar-refractivity contribution in [2.45, 2.75) is 45.7 Å². The van der Waals surface area contributed by atoms with Crippen molar-refractivity contribution in [2.24, 2.45) is 0 Å². The lowest BCUT2D eigenvalue weighted by Crippen LogP contribution is -2.49. The highest BCUT2D eigenvalue weighted by Gasteiger charge is 2.27. The standard InChI is InChI=1S/C24H32N2O4/c1-4-22(24(28)25-5-2)26(18-19-10-7-6-8-11-19)23(27)12-9-17-30-21-15-13-20(29-3)14-16-21/h6-8,10-11,13-16,22H,4-5,9,12,17-18H2,1-3H3,(H,25,28)/t22-/m1/s1. The number of amides is 2. The lowest BCUT2D eigenvalue weighted by molar-refractivity contribution is -0.141. The van der Waals surface area contributed by atoms with Crippen LogP contribution in [-0.4, -0.2) is 43.0 Å². The fourth-order valence-electron chi connectivity index (χ4n) is 3.22. The fourth-order valence-corrected chi connectivity index (χ4v) is 3.22. The van der Waals surface area contributed by atoms with E-state index in [4.69, 9.17) is 9.47 Å². The molecule has 2 aromatic carbocycles. The summed E-state index contributed by atoms with van der Waals surface area (Å²) in [5.74, 6) is 1.34. The number of nitrogens with zero attached hydrogens (tertiary/aromatic N) is 1. The van der Waals surface area contributed by atoms with Crippen molar-refractivity contribution in [3.63, 3.8) is 0 Å². The molecule has 0 aromatic heterocycles. The van der Waals surface area contributed by atoms with Crippen LogP contribution in [0, 0.1) is 0 Å². The van der Waals surface area contributed by atoms with Gasteiger partial charge in [-0.15, -0.1) is 0 Å². The quantitative estimate of drug-likeness (QED) is 0.539. The zero-order valence-corrected chi connectivity index (χ0v) is 18.1. The molecule has 0 fully saturated rings. The number of likely N-dealkylation sites (N-methyl/N-ethyl adjacent to an activating group) is 1. The number of hydrogen-bond donors (Lipinski definition) is 1. The van der Waals surface area contributed by atoms with E-state index < -0.39 is 6.04 Å². The van der Waals surface area contributed by atoms with Gasteiger partial charge in [-0.1, -0.05) is 37.3 Å². The van der Waals surface area contributed by atoms with Crippen molar-refractivity contribution in [3.8, 4) is 11.5 Å². The molecule has 2 amide bonds. The number of carbonyl (C=O) groups is 2. The van der Waals surface area contributed by atoms with Crippen LogP contribution in [0.3, 0.4) is 0 Å². The second-order valence-electron chi connectivity index (χ2n) is 6.95. The van der Waals surface area contributed by atoms with Crippen molar-refractivity contribution in [1.29, 1.82) is 0 Å². The van der Waals surface area contributed by atoms with Gasteiger partial charge < -0.3 is 19.7 Å². The second-order valence-corrected chi connectivity index (χ2v) is 6.95. The lowest BCUT2D eigenvalue weighted by Gasteiger charge is -2.30. The van der Waals surface area contributed by atoms with Crippen molar-refractivity contribution in [2.75, 3.05) is 20.3 Å². The van der Waals surface area contributed by atoms with Crippen LogP contribution in [0.1, 0.15) is 38.7 Å². The average Bonchev–Trinajstić information content (AvgIpc) is 2.77. The summed E-state index contributed by atoms with van der Waals surface area (Å²) >= 11 is 0. The summed E-state index contributed by atoms with van der Waals surface area (Å²) < 4.78 is 10.9. The van der Waals surface area contributed by atoms with Crippen molar-refractivity contribution in [1.82, 2.24) is 10.2 Å². The van der Waals surface area contributed by atoms with Gasteiger partial charge in [0.25, 0.3) is 0 Å². The third-order valence-electron chi connectivity index (χ3n) is 4.80. The molecule has 0 saturated heterocycles. The number of benzene rings is 2. The van der Waals surface area contributed by atoms with Crippen molar-refractivity contribution >= 4 is 11.8 Å². The summed E-state index contributed by atoms with van der Waals surface area (Å²) in [6.07, 6.45) is 1.45. The molecular weight excluding hydrogens is 380 g/mol. The number of methoxy groups -OCH3 is 1. The molecule has 6 nitrogen and oxygen atoms in total. The molecule has 0 bridgehead atoms. The molecule has 0 radical (unpaired) electrons. The molecule has 0 saturated carbocycles. The maximum Gasteiger partial charge on any atom is 0.242 e. The number of ether oxygens (including phenoxy) is 2. The van der Waals surface area contributed by atoms with Gasteiger partial charge >= 0.3 is 0 Å². The summed E-state index contributed by atoms with van der Waals surface area (Å²) in [5.41, 5.74) is 1.00. The van der Waals surface area contributed by atoms with E-state index in [2.05, 4.69) is 5.32 Å². The van der Waals surface area contributed by atoms with Crippen LogP contribution in [0.5, 0.6) is 11.5 Å². The second kappa shape index (κ2) is 12.5. The first-order valence-corrected chi connectivity index (χ1v) is 10.5. The number of rotatable bonds is 12. The molecule has 0 aliphatic rings. The molecule has 1 atom stereocenters. The molecule has 0 aliphatic carbocycles. The molecule has 0 unspecified atom stereocenters. The number of carbonyl (C=O) groups excluding carboxylic acids is 2. The molecule has 1 N–H and O–H groups in total. The highest BCUT2D eigenvalue weighted by Crippen LogP contribution is 2.18. The Morgan fingerprint density at radius 3 is 2.27 bits per heavy atom. The summed E-state index contributed by atoms with van der Waals surface area (Å²) in [6, 6.07) is 16.6. The summed E-state index contributed by atoms with van der Waals surface area (Å²) in [7, 11) is 1.62. The van der Waals surface area contributed by atoms with Gasteiger partial charge in [0.05, 0.1) is 13.7 Å².